The van der Waals surface area contributed by atoms with E-state index in [2.05, 4.69) is 26.1 Å². The lowest BCUT2D eigenvalue weighted by Crippen LogP contribution is -2.47. The fraction of sp³-hybridized carbons (Fsp3) is 0. The van der Waals surface area contributed by atoms with Gasteiger partial charge in [-0.25, -0.2) is 0 Å². The van der Waals surface area contributed by atoms with Crippen LogP contribution in [-0.2, 0) is 0 Å². The van der Waals surface area contributed by atoms with Gasteiger partial charge >= 0.3 is 11.7 Å². The van der Waals surface area contributed by atoms with Gasteiger partial charge in [0.15, 0.2) is 5.69 Å². The molecule has 0 atom stereocenters. The molecule has 1 aromatic heterocycles. The van der Waals surface area contributed by atoms with E-state index in [9.17, 15) is 9.90 Å². The lowest BCUT2D eigenvalue weighted by atomic mass is 10.2. The molecule has 0 saturated heterocycles. The summed E-state index contributed by atoms with van der Waals surface area (Å²) in [6.45, 7) is 0. The van der Waals surface area contributed by atoms with E-state index in [-0.39, 0.29) is 11.3 Å². The molecule has 1 heterocycles. The lowest BCUT2D eigenvalue weighted by molar-refractivity contribution is -0.732. The summed E-state index contributed by atoms with van der Waals surface area (Å²) in [5, 5.41) is 19.0. The van der Waals surface area contributed by atoms with Gasteiger partial charge in [0.2, 0.25) is 0 Å². The molecule has 0 bridgehead atoms. The Morgan fingerprint density at radius 2 is 1.59 bits per heavy atom. The maximum Gasteiger partial charge on any atom is 0.343 e. The van der Waals surface area contributed by atoms with Gasteiger partial charge in [0.25, 0.3) is 0 Å². The Labute approximate surface area is 163 Å². The van der Waals surface area contributed by atoms with Crippen LogP contribution in [0.5, 0.6) is 5.75 Å². The number of halogens is 1. The highest BCUT2D eigenvalue weighted by Crippen LogP contribution is 2.18. The normalized spacial score (nSPS) is 10.7. The number of phenolic OH excluding ortho intramolecular Hbond substituents is 1. The molecular weight excluding hydrogens is 408 g/mol. The number of hydrogen-bond donors (Lipinski definition) is 1. The zero-order valence-electron chi connectivity index (χ0n) is 14.0. The molecule has 0 amide bonds. The molecule has 132 valence electrons. The summed E-state index contributed by atoms with van der Waals surface area (Å²) in [5.74, 6) is -0.186. The van der Waals surface area contributed by atoms with E-state index in [0.717, 1.165) is 14.8 Å². The van der Waals surface area contributed by atoms with Gasteiger partial charge in [-0.2, -0.15) is 0 Å². The quantitative estimate of drug-likeness (QED) is 0.514. The summed E-state index contributed by atoms with van der Waals surface area (Å²) in [4.78, 5) is 15.6. The van der Waals surface area contributed by atoms with Gasteiger partial charge in [-0.3, -0.25) is 4.79 Å². The van der Waals surface area contributed by atoms with Crippen LogP contribution in [0.1, 0.15) is 10.4 Å². The number of carbonyl (C=O) groups excluding carboxylic acids is 1. The van der Waals surface area contributed by atoms with E-state index in [1.54, 1.807) is 18.2 Å². The first-order chi connectivity index (χ1) is 13.1. The lowest BCUT2D eigenvalue weighted by Gasteiger charge is -2.01. The number of rotatable bonds is 3. The van der Waals surface area contributed by atoms with E-state index >= 15 is 0 Å². The maximum atomic E-state index is 13.0. The smallest absolute Gasteiger partial charge is 0.343 e. The van der Waals surface area contributed by atoms with Crippen molar-refractivity contribution in [1.29, 1.82) is 0 Å². The molecule has 0 aliphatic carbocycles. The summed E-state index contributed by atoms with van der Waals surface area (Å²) in [6, 6.07) is 23.1. The number of tetrazole rings is 1. The average molecular weight is 422 g/mol. The SMILES string of the molecule is O=C(c1ccccc1O)n1nc(-c2ccccc2)n[n+]1-c1ccc(Br)cc1. The van der Waals surface area contributed by atoms with Crippen molar-refractivity contribution in [2.75, 3.05) is 0 Å². The number of carbonyl (C=O) groups is 1. The molecule has 6 nitrogen and oxygen atoms in total. The predicted molar refractivity (Wildman–Crippen MR) is 103 cm³/mol. The second-order valence-electron chi connectivity index (χ2n) is 5.77. The van der Waals surface area contributed by atoms with E-state index in [4.69, 9.17) is 0 Å². The molecule has 0 saturated carbocycles. The number of aromatic nitrogens is 4. The molecule has 0 aliphatic heterocycles. The van der Waals surface area contributed by atoms with Gasteiger partial charge in [0.05, 0.1) is 21.0 Å². The molecule has 0 fully saturated rings. The fourth-order valence-electron chi connectivity index (χ4n) is 2.62. The summed E-state index contributed by atoms with van der Waals surface area (Å²) >= 11 is 3.40. The molecule has 1 N–H and O–H groups in total. The Hall–Kier alpha value is -3.32. The first-order valence-corrected chi connectivity index (χ1v) is 8.96. The van der Waals surface area contributed by atoms with E-state index in [1.165, 1.54) is 10.9 Å². The van der Waals surface area contributed by atoms with Crippen molar-refractivity contribution in [2.45, 2.75) is 0 Å². The number of nitrogens with zero attached hydrogens (tertiary/aromatic N) is 4. The number of aromatic hydroxyl groups is 1. The van der Waals surface area contributed by atoms with Crippen LogP contribution in [0.2, 0.25) is 0 Å². The maximum absolute atomic E-state index is 13.0. The third kappa shape index (κ3) is 3.37. The van der Waals surface area contributed by atoms with Crippen LogP contribution in [0.3, 0.4) is 0 Å². The Kier molecular flexibility index (Phi) is 4.52. The Morgan fingerprint density at radius 3 is 2.30 bits per heavy atom. The number of hydrogen-bond acceptors (Lipinski definition) is 4. The molecule has 0 radical (unpaired) electrons. The van der Waals surface area contributed by atoms with Crippen molar-refractivity contribution < 1.29 is 14.7 Å². The molecule has 27 heavy (non-hydrogen) atoms. The van der Waals surface area contributed by atoms with Crippen molar-refractivity contribution in [1.82, 2.24) is 15.0 Å². The standard InChI is InChI=1S/C20H13BrN4O2/c21-15-10-12-16(13-11-15)24-22-19(14-6-2-1-3-7-14)23-25(24)20(27)17-8-4-5-9-18(17)26/h1-13H/p+1. The third-order valence-electron chi connectivity index (χ3n) is 3.96. The van der Waals surface area contributed by atoms with Crippen molar-refractivity contribution in [3.63, 3.8) is 0 Å². The van der Waals surface area contributed by atoms with E-state index in [1.807, 2.05) is 54.6 Å². The summed E-state index contributed by atoms with van der Waals surface area (Å²) in [7, 11) is 0. The Balaban J connectivity index is 1.88. The molecule has 4 rings (SSSR count). The van der Waals surface area contributed by atoms with Crippen molar-refractivity contribution in [3.05, 3.63) is 88.9 Å². The largest absolute Gasteiger partial charge is 0.507 e. The number of phenols is 1. The van der Waals surface area contributed by atoms with Crippen LogP contribution in [0.4, 0.5) is 0 Å². The second-order valence-corrected chi connectivity index (χ2v) is 6.68. The zero-order chi connectivity index (χ0) is 18.8. The van der Waals surface area contributed by atoms with Crippen molar-refractivity contribution in [3.8, 4) is 22.8 Å². The monoisotopic (exact) mass is 421 g/mol. The topological polar surface area (TPSA) is 71.9 Å². The first-order valence-electron chi connectivity index (χ1n) is 8.17. The molecule has 0 spiro atoms. The number of benzene rings is 3. The van der Waals surface area contributed by atoms with Crippen molar-refractivity contribution in [2.24, 2.45) is 0 Å². The Bertz CT molecular complexity index is 1110. The first kappa shape index (κ1) is 17.1. The second kappa shape index (κ2) is 7.13. The molecule has 0 unspecified atom stereocenters. The highest BCUT2D eigenvalue weighted by molar-refractivity contribution is 9.10. The minimum absolute atomic E-state index is 0.110. The van der Waals surface area contributed by atoms with Crippen LogP contribution < -0.4 is 4.80 Å². The molecule has 3 aromatic carbocycles. The van der Waals surface area contributed by atoms with Crippen LogP contribution in [0.15, 0.2) is 83.3 Å². The van der Waals surface area contributed by atoms with Crippen LogP contribution in [0, 0.1) is 0 Å². The summed E-state index contributed by atoms with van der Waals surface area (Å²) in [6.07, 6.45) is 0. The van der Waals surface area contributed by atoms with Gasteiger partial charge in [-0.1, -0.05) is 46.3 Å². The minimum Gasteiger partial charge on any atom is -0.507 e. The zero-order valence-corrected chi connectivity index (χ0v) is 15.6. The van der Waals surface area contributed by atoms with E-state index < -0.39 is 5.91 Å². The highest BCUT2D eigenvalue weighted by atomic mass is 79.9. The van der Waals surface area contributed by atoms with Gasteiger partial charge in [0, 0.05) is 4.47 Å². The molecule has 4 aromatic rings. The van der Waals surface area contributed by atoms with Gasteiger partial charge in [0.1, 0.15) is 5.75 Å². The van der Waals surface area contributed by atoms with E-state index in [0.29, 0.717) is 11.5 Å². The third-order valence-corrected chi connectivity index (χ3v) is 4.49. The van der Waals surface area contributed by atoms with Crippen LogP contribution in [0.25, 0.3) is 17.1 Å². The van der Waals surface area contributed by atoms with Gasteiger partial charge in [-0.15, -0.1) is 0 Å². The van der Waals surface area contributed by atoms with Crippen LogP contribution >= 0.6 is 15.9 Å². The molecular formula is C20H14BrN4O2+. The number of para-hydroxylation sites is 1. The Morgan fingerprint density at radius 1 is 0.926 bits per heavy atom. The van der Waals surface area contributed by atoms with Gasteiger partial charge in [-0.05, 0) is 58.4 Å². The average Bonchev–Trinajstić information content (AvgIpc) is 3.14. The molecule has 0 aliphatic rings. The van der Waals surface area contributed by atoms with Gasteiger partial charge < -0.3 is 5.11 Å². The summed E-state index contributed by atoms with van der Waals surface area (Å²) < 4.78 is 0.910. The molecule has 7 heteroatoms. The van der Waals surface area contributed by atoms with Crippen molar-refractivity contribution >= 4 is 21.8 Å². The fourth-order valence-corrected chi connectivity index (χ4v) is 2.89. The minimum atomic E-state index is -0.481. The highest BCUT2D eigenvalue weighted by Gasteiger charge is 2.29. The summed E-state index contributed by atoms with van der Waals surface area (Å²) in [5.41, 5.74) is 1.59. The predicted octanol–water partition coefficient (Wildman–Crippen LogP) is 3.38. The van der Waals surface area contributed by atoms with Crippen LogP contribution in [-0.4, -0.2) is 26.0 Å².